The average molecular weight is 1010 g/mol. The van der Waals surface area contributed by atoms with Crippen LogP contribution in [0.25, 0.3) is 68.5 Å². The van der Waals surface area contributed by atoms with Gasteiger partial charge < -0.3 is 0 Å². The zero-order chi connectivity index (χ0) is 50.3. The van der Waals surface area contributed by atoms with E-state index in [1.165, 1.54) is 94.4 Å². The van der Waals surface area contributed by atoms with Gasteiger partial charge in [0.15, 0.2) is 23.1 Å². The molecule has 71 heavy (non-hydrogen) atoms. The predicted octanol–water partition coefficient (Wildman–Crippen LogP) is 18.2. The van der Waals surface area contributed by atoms with E-state index in [0.717, 1.165) is 53.2 Å². The second kappa shape index (κ2) is 18.2. The van der Waals surface area contributed by atoms with E-state index in [9.17, 15) is 28.0 Å². The standard InChI is InChI=1S/C55H44O4S4.C6H4F2/c1-9-13-34(42(10-2)54(3,4)5)48-22-30-20-44-28(18-46(30)62-48)16-32(60-44)24-40-50(56)36-26-38-39(27-37(36)51(40)57)53(59)41(52(38)58)25-33-17-29-19-47-31(21-45(29)61-33)23-49(63-47)35-14-11-12-15-43(35)55(6,7)8;7-5-2-1-3-6(8)4-5/h9,11-27H,10H2,1-8H3;1-4H/b13-9-,40-24?,41-25?,42-34-;. The zero-order valence-electron chi connectivity index (χ0n) is 40.4. The van der Waals surface area contributed by atoms with Gasteiger partial charge in [0.25, 0.3) is 0 Å². The maximum absolute atomic E-state index is 13.9. The van der Waals surface area contributed by atoms with Crippen molar-refractivity contribution in [3.05, 3.63) is 192 Å². The van der Waals surface area contributed by atoms with Gasteiger partial charge in [-0.25, -0.2) is 8.78 Å². The molecule has 2 aliphatic carbocycles. The lowest BCUT2D eigenvalue weighted by atomic mass is 9.81. The summed E-state index contributed by atoms with van der Waals surface area (Å²) in [6, 6.07) is 33.4. The number of fused-ring (bicyclic) bond motifs is 6. The van der Waals surface area contributed by atoms with Crippen molar-refractivity contribution in [3.63, 3.8) is 0 Å². The Morgan fingerprint density at radius 2 is 0.986 bits per heavy atom. The van der Waals surface area contributed by atoms with E-state index in [1.54, 1.807) is 34.8 Å². The topological polar surface area (TPSA) is 68.3 Å². The number of carbonyl (C=O) groups is 4. The van der Waals surface area contributed by atoms with Crippen LogP contribution in [-0.2, 0) is 5.41 Å². The Labute approximate surface area is 427 Å². The first-order valence-electron chi connectivity index (χ1n) is 23.4. The number of hydrogen-bond donors (Lipinski definition) is 0. The molecule has 4 aromatic heterocycles. The number of hydrogen-bond acceptors (Lipinski definition) is 8. The minimum absolute atomic E-state index is 0.0143. The molecule has 0 saturated carbocycles. The van der Waals surface area contributed by atoms with Crippen LogP contribution >= 0.6 is 45.3 Å². The summed E-state index contributed by atoms with van der Waals surface area (Å²) < 4.78 is 28.3. The second-order valence-electron chi connectivity index (χ2n) is 20.0. The van der Waals surface area contributed by atoms with Gasteiger partial charge in [-0.05, 0) is 147 Å². The third-order valence-corrected chi connectivity index (χ3v) is 17.4. The van der Waals surface area contributed by atoms with E-state index < -0.39 is 34.8 Å². The van der Waals surface area contributed by atoms with Gasteiger partial charge in [-0.2, -0.15) is 0 Å². The number of rotatable bonds is 6. The Kier molecular flexibility index (Phi) is 12.4. The van der Waals surface area contributed by atoms with Crippen LogP contribution in [0.15, 0.2) is 138 Å². The molecular formula is C61H48F2O4S4. The molecule has 0 spiro atoms. The molecular weight excluding hydrogens is 963 g/mol. The second-order valence-corrected chi connectivity index (χ2v) is 24.4. The first-order chi connectivity index (χ1) is 33.8. The van der Waals surface area contributed by atoms with Crippen molar-refractivity contribution in [2.75, 3.05) is 0 Å². The Morgan fingerprint density at radius 3 is 1.44 bits per heavy atom. The lowest BCUT2D eigenvalue weighted by molar-refractivity contribution is 0.0978. The van der Waals surface area contributed by atoms with Gasteiger partial charge in [-0.3, -0.25) is 19.2 Å². The van der Waals surface area contributed by atoms with E-state index >= 15 is 0 Å². The summed E-state index contributed by atoms with van der Waals surface area (Å²) >= 11 is 6.61. The van der Waals surface area contributed by atoms with Crippen LogP contribution < -0.4 is 0 Å². The van der Waals surface area contributed by atoms with Crippen molar-refractivity contribution in [3.8, 4) is 10.4 Å². The summed E-state index contributed by atoms with van der Waals surface area (Å²) in [5.41, 5.74) is 6.09. The van der Waals surface area contributed by atoms with Crippen LogP contribution in [0.5, 0.6) is 0 Å². The summed E-state index contributed by atoms with van der Waals surface area (Å²) in [5.74, 6) is -2.79. The lowest BCUT2D eigenvalue weighted by Crippen LogP contribution is -2.12. The van der Waals surface area contributed by atoms with Gasteiger partial charge in [-0.15, -0.1) is 45.3 Å². The van der Waals surface area contributed by atoms with Gasteiger partial charge >= 0.3 is 0 Å². The van der Waals surface area contributed by atoms with Crippen LogP contribution in [-0.4, -0.2) is 23.1 Å². The largest absolute Gasteiger partial charge is 0.288 e. The minimum atomic E-state index is -0.537. The highest BCUT2D eigenvalue weighted by molar-refractivity contribution is 7.23. The van der Waals surface area contributed by atoms with Crippen molar-refractivity contribution >= 4 is 127 Å². The predicted molar refractivity (Wildman–Crippen MR) is 296 cm³/mol. The van der Waals surface area contributed by atoms with Crippen molar-refractivity contribution in [2.45, 2.75) is 67.2 Å². The molecule has 4 heterocycles. The molecule has 0 saturated heterocycles. The number of ketones is 4. The summed E-state index contributed by atoms with van der Waals surface area (Å²) in [6.07, 6.45) is 8.63. The van der Waals surface area contributed by atoms with E-state index in [0.29, 0.717) is 0 Å². The summed E-state index contributed by atoms with van der Waals surface area (Å²) in [6.45, 7) is 17.8. The molecule has 354 valence electrons. The van der Waals surface area contributed by atoms with Gasteiger partial charge in [-0.1, -0.05) is 96.5 Å². The van der Waals surface area contributed by atoms with E-state index in [-0.39, 0.29) is 44.2 Å². The third-order valence-electron chi connectivity index (χ3n) is 13.0. The molecule has 0 N–H and O–H groups in total. The molecule has 10 heteroatoms. The number of carbonyl (C=O) groups excluding carboxylic acids is 4. The average Bonchev–Trinajstić information content (AvgIpc) is 4.17. The highest BCUT2D eigenvalue weighted by atomic mass is 32.1. The van der Waals surface area contributed by atoms with Crippen molar-refractivity contribution < 1.29 is 28.0 Å². The van der Waals surface area contributed by atoms with Crippen LogP contribution in [0.4, 0.5) is 8.78 Å². The lowest BCUT2D eigenvalue weighted by Gasteiger charge is -2.25. The zero-order valence-corrected chi connectivity index (χ0v) is 43.7. The van der Waals surface area contributed by atoms with Crippen molar-refractivity contribution in [1.29, 1.82) is 0 Å². The van der Waals surface area contributed by atoms with Crippen molar-refractivity contribution in [1.82, 2.24) is 0 Å². The molecule has 0 atom stereocenters. The fourth-order valence-corrected chi connectivity index (χ4v) is 14.1. The maximum atomic E-state index is 13.9. The van der Waals surface area contributed by atoms with Gasteiger partial charge in [0.05, 0.1) is 11.1 Å². The molecule has 0 bridgehead atoms. The molecule has 11 rings (SSSR count). The van der Waals surface area contributed by atoms with Gasteiger partial charge in [0, 0.05) is 66.6 Å². The molecule has 0 unspecified atom stereocenters. The molecule has 0 aliphatic heterocycles. The maximum Gasteiger partial charge on any atom is 0.197 e. The molecule has 2 aliphatic rings. The minimum Gasteiger partial charge on any atom is -0.288 e. The molecule has 9 aromatic rings. The molecule has 0 fully saturated rings. The van der Waals surface area contributed by atoms with Crippen LogP contribution in [0.2, 0.25) is 0 Å². The number of Topliss-reactive ketones (excluding diaryl/α,β-unsaturated/α-hetero) is 4. The van der Waals surface area contributed by atoms with E-state index in [2.05, 4.69) is 128 Å². The summed E-state index contributed by atoms with van der Waals surface area (Å²) in [5, 5.41) is 4.40. The van der Waals surface area contributed by atoms with E-state index in [1.807, 2.05) is 12.1 Å². The number of thiophene rings is 4. The monoisotopic (exact) mass is 1010 g/mol. The Hall–Kier alpha value is -6.56. The molecule has 5 aromatic carbocycles. The highest BCUT2D eigenvalue weighted by Crippen LogP contribution is 2.45. The Bertz CT molecular complexity index is 3700. The van der Waals surface area contributed by atoms with Crippen LogP contribution in [0.3, 0.4) is 0 Å². The summed E-state index contributed by atoms with van der Waals surface area (Å²) in [4.78, 5) is 59.6. The number of benzene rings is 5. The number of allylic oxidation sites excluding steroid dienone is 6. The smallest absolute Gasteiger partial charge is 0.197 e. The first-order valence-corrected chi connectivity index (χ1v) is 26.7. The molecule has 0 amide bonds. The third kappa shape index (κ3) is 8.96. The molecule has 4 nitrogen and oxygen atoms in total. The Balaban J connectivity index is 0.000000664. The highest BCUT2D eigenvalue weighted by Gasteiger charge is 2.40. The van der Waals surface area contributed by atoms with Gasteiger partial charge in [0.2, 0.25) is 0 Å². The first kappa shape index (κ1) is 48.1. The van der Waals surface area contributed by atoms with Crippen molar-refractivity contribution in [2.24, 2.45) is 5.41 Å². The fraction of sp³-hybridized carbons (Fsp3) is 0.180. The van der Waals surface area contributed by atoms with E-state index in [4.69, 9.17) is 0 Å². The van der Waals surface area contributed by atoms with Crippen LogP contribution in [0, 0.1) is 17.0 Å². The normalized spacial score (nSPS) is 14.3. The molecule has 0 radical (unpaired) electrons. The Morgan fingerprint density at radius 1 is 0.521 bits per heavy atom. The quantitative estimate of drug-likeness (QED) is 0.0945. The van der Waals surface area contributed by atoms with Gasteiger partial charge in [0.1, 0.15) is 11.6 Å². The number of halogens is 2. The fourth-order valence-electron chi connectivity index (χ4n) is 9.71. The summed E-state index contributed by atoms with van der Waals surface area (Å²) in [7, 11) is 0. The SMILES string of the molecule is C/C=C\C(=C(/CC)C(C)(C)C)c1cc2cc3sc(C=C4C(=O)c5cc6c(cc5C4=O)C(=O)C(=Cc4cc5cc7sc(-c8ccccc8C(C)(C)C)cc7cc5s4)C6=O)cc3cc2s1.Fc1cccc(F)c1. The van der Waals surface area contributed by atoms with Crippen LogP contribution in [0.1, 0.15) is 123 Å².